The van der Waals surface area contributed by atoms with Crippen molar-refractivity contribution >= 4 is 11.7 Å². The molecule has 2 aliphatic heterocycles. The van der Waals surface area contributed by atoms with Gasteiger partial charge >= 0.3 is 0 Å². The minimum Gasteiger partial charge on any atom is -0.375 e. The zero-order chi connectivity index (χ0) is 15.6. The average molecular weight is 304 g/mol. The summed E-state index contributed by atoms with van der Waals surface area (Å²) in [5, 5.41) is 0. The summed E-state index contributed by atoms with van der Waals surface area (Å²) < 4.78 is 6.15. The highest BCUT2D eigenvalue weighted by Gasteiger charge is 2.41. The third-order valence-electron chi connectivity index (χ3n) is 5.06. The van der Waals surface area contributed by atoms with Crippen molar-refractivity contribution in [3.63, 3.8) is 0 Å². The number of nitrogens with zero attached hydrogens (tertiary/aromatic N) is 4. The second-order valence-electron chi connectivity index (χ2n) is 6.36. The van der Waals surface area contributed by atoms with Crippen molar-refractivity contribution in [1.29, 1.82) is 0 Å². The molecule has 2 saturated heterocycles. The van der Waals surface area contributed by atoms with Gasteiger partial charge in [0, 0.05) is 52.1 Å². The van der Waals surface area contributed by atoms with Gasteiger partial charge in [-0.05, 0) is 25.7 Å². The van der Waals surface area contributed by atoms with Crippen molar-refractivity contribution in [2.24, 2.45) is 0 Å². The van der Waals surface area contributed by atoms with Gasteiger partial charge < -0.3 is 14.5 Å². The predicted molar refractivity (Wildman–Crippen MR) is 83.6 cm³/mol. The van der Waals surface area contributed by atoms with Crippen LogP contribution in [-0.2, 0) is 9.53 Å². The normalized spacial score (nSPS) is 24.3. The molecule has 120 valence electrons. The van der Waals surface area contributed by atoms with E-state index in [4.69, 9.17) is 4.74 Å². The number of anilines is 1. The first-order valence-electron chi connectivity index (χ1n) is 7.98. The van der Waals surface area contributed by atoms with Gasteiger partial charge in [0.15, 0.2) is 0 Å². The number of carbonyl (C=O) groups is 1. The Morgan fingerprint density at radius 2 is 2.18 bits per heavy atom. The molecule has 0 unspecified atom stereocenters. The molecule has 0 aliphatic carbocycles. The largest absolute Gasteiger partial charge is 0.375 e. The van der Waals surface area contributed by atoms with Crippen molar-refractivity contribution < 1.29 is 9.53 Å². The molecule has 0 bridgehead atoms. The van der Waals surface area contributed by atoms with Gasteiger partial charge in [-0.15, -0.1) is 0 Å². The lowest BCUT2D eigenvalue weighted by Crippen LogP contribution is -2.54. The summed E-state index contributed by atoms with van der Waals surface area (Å²) >= 11 is 0. The van der Waals surface area contributed by atoms with Crippen LogP contribution in [0.15, 0.2) is 18.6 Å². The molecule has 22 heavy (non-hydrogen) atoms. The molecule has 1 aromatic heterocycles. The Balaban J connectivity index is 1.63. The first-order chi connectivity index (χ1) is 10.6. The first kappa shape index (κ1) is 15.2. The molecule has 0 N–H and O–H groups in total. The van der Waals surface area contributed by atoms with Gasteiger partial charge in [0.25, 0.3) is 0 Å². The van der Waals surface area contributed by atoms with E-state index in [0.29, 0.717) is 6.04 Å². The summed E-state index contributed by atoms with van der Waals surface area (Å²) in [5.41, 5.74) is -0.0780. The minimum absolute atomic E-state index is 0.0780. The lowest BCUT2D eigenvalue weighted by atomic mass is 9.82. The molecular formula is C16H24N4O2. The Bertz CT molecular complexity index is 514. The van der Waals surface area contributed by atoms with E-state index in [1.54, 1.807) is 19.3 Å². The summed E-state index contributed by atoms with van der Waals surface area (Å²) in [5.74, 6) is 1.07. The number of hydrogen-bond acceptors (Lipinski definition) is 5. The number of piperidine rings is 1. The number of aromatic nitrogens is 2. The predicted octanol–water partition coefficient (Wildman–Crippen LogP) is 1.47. The van der Waals surface area contributed by atoms with Crippen LogP contribution in [0, 0.1) is 0 Å². The van der Waals surface area contributed by atoms with Crippen molar-refractivity contribution in [3.8, 4) is 0 Å². The molecule has 6 heteroatoms. The van der Waals surface area contributed by atoms with E-state index in [1.807, 2.05) is 18.1 Å². The number of ether oxygens (including phenoxy) is 1. The number of amides is 1. The molecule has 1 amide bonds. The highest BCUT2D eigenvalue weighted by Crippen LogP contribution is 2.37. The van der Waals surface area contributed by atoms with Crippen molar-refractivity contribution in [1.82, 2.24) is 14.9 Å². The Kier molecular flexibility index (Phi) is 4.29. The molecular weight excluding hydrogens is 280 g/mol. The van der Waals surface area contributed by atoms with Crippen molar-refractivity contribution in [2.45, 2.75) is 44.2 Å². The summed E-state index contributed by atoms with van der Waals surface area (Å²) in [7, 11) is 1.90. The SMILES string of the molecule is CC(=O)N(C)[C@H]1CCOC2(CCN(c3cnccn3)CC2)C1. The highest BCUT2D eigenvalue weighted by atomic mass is 16.5. The van der Waals surface area contributed by atoms with E-state index in [9.17, 15) is 4.79 Å². The molecule has 6 nitrogen and oxygen atoms in total. The zero-order valence-corrected chi connectivity index (χ0v) is 13.4. The number of carbonyl (C=O) groups excluding carboxylic acids is 1. The van der Waals surface area contributed by atoms with Crippen LogP contribution in [0.25, 0.3) is 0 Å². The first-order valence-corrected chi connectivity index (χ1v) is 7.98. The molecule has 2 aliphatic rings. The quantitative estimate of drug-likeness (QED) is 0.828. The molecule has 3 heterocycles. The van der Waals surface area contributed by atoms with Crippen molar-refractivity contribution in [3.05, 3.63) is 18.6 Å². The molecule has 0 radical (unpaired) electrons. The Morgan fingerprint density at radius 1 is 1.41 bits per heavy atom. The van der Waals surface area contributed by atoms with E-state index >= 15 is 0 Å². The molecule has 2 fully saturated rings. The van der Waals surface area contributed by atoms with E-state index in [2.05, 4.69) is 14.9 Å². The van der Waals surface area contributed by atoms with Crippen LogP contribution in [0.4, 0.5) is 5.82 Å². The Labute approximate surface area is 131 Å². The summed E-state index contributed by atoms with van der Waals surface area (Å²) in [6.45, 7) is 4.23. The van der Waals surface area contributed by atoms with Gasteiger partial charge in [-0.2, -0.15) is 0 Å². The molecule has 3 rings (SSSR count). The smallest absolute Gasteiger partial charge is 0.219 e. The monoisotopic (exact) mass is 304 g/mol. The highest BCUT2D eigenvalue weighted by molar-refractivity contribution is 5.73. The van der Waals surface area contributed by atoms with Crippen LogP contribution in [0.1, 0.15) is 32.6 Å². The van der Waals surface area contributed by atoms with Gasteiger partial charge in [-0.1, -0.05) is 0 Å². The van der Waals surface area contributed by atoms with Crippen LogP contribution in [0.2, 0.25) is 0 Å². The van der Waals surface area contributed by atoms with Crippen LogP contribution in [0.3, 0.4) is 0 Å². The minimum atomic E-state index is -0.0780. The van der Waals surface area contributed by atoms with Crippen LogP contribution in [0.5, 0.6) is 0 Å². The fraction of sp³-hybridized carbons (Fsp3) is 0.688. The molecule has 1 atom stereocenters. The van der Waals surface area contributed by atoms with E-state index in [0.717, 1.165) is 51.2 Å². The topological polar surface area (TPSA) is 58.6 Å². The fourth-order valence-corrected chi connectivity index (χ4v) is 3.54. The average Bonchev–Trinajstić information content (AvgIpc) is 2.56. The van der Waals surface area contributed by atoms with Gasteiger partial charge in [-0.3, -0.25) is 9.78 Å². The zero-order valence-electron chi connectivity index (χ0n) is 13.4. The van der Waals surface area contributed by atoms with E-state index in [-0.39, 0.29) is 11.5 Å². The Morgan fingerprint density at radius 3 is 2.82 bits per heavy atom. The van der Waals surface area contributed by atoms with Crippen LogP contribution >= 0.6 is 0 Å². The maximum absolute atomic E-state index is 11.6. The maximum Gasteiger partial charge on any atom is 0.219 e. The number of hydrogen-bond donors (Lipinski definition) is 0. The molecule has 1 aromatic rings. The van der Waals surface area contributed by atoms with Gasteiger partial charge in [0.1, 0.15) is 5.82 Å². The summed E-state index contributed by atoms with van der Waals surface area (Å²) in [6.07, 6.45) is 9.07. The summed E-state index contributed by atoms with van der Waals surface area (Å²) in [6, 6.07) is 0.300. The molecule has 0 saturated carbocycles. The molecule has 0 aromatic carbocycles. The molecule has 1 spiro atoms. The standard InChI is InChI=1S/C16H24N4O2/c1-13(21)19(2)14-3-10-22-16(11-14)4-8-20(9-5-16)15-12-17-6-7-18-15/h6-7,12,14H,3-5,8-11H2,1-2H3/t14-/m0/s1. The third kappa shape index (κ3) is 3.06. The summed E-state index contributed by atoms with van der Waals surface area (Å²) in [4.78, 5) is 24.3. The fourth-order valence-electron chi connectivity index (χ4n) is 3.54. The van der Waals surface area contributed by atoms with E-state index < -0.39 is 0 Å². The lowest BCUT2D eigenvalue weighted by Gasteiger charge is -2.48. The second-order valence-corrected chi connectivity index (χ2v) is 6.36. The van der Waals surface area contributed by atoms with Gasteiger partial charge in [0.2, 0.25) is 5.91 Å². The lowest BCUT2D eigenvalue weighted by molar-refractivity contribution is -0.141. The maximum atomic E-state index is 11.6. The van der Waals surface area contributed by atoms with Gasteiger partial charge in [-0.25, -0.2) is 4.98 Å². The third-order valence-corrected chi connectivity index (χ3v) is 5.06. The van der Waals surface area contributed by atoms with Crippen molar-refractivity contribution in [2.75, 3.05) is 31.6 Å². The van der Waals surface area contributed by atoms with Crippen LogP contribution in [-0.4, -0.2) is 59.2 Å². The Hall–Kier alpha value is -1.69. The number of rotatable bonds is 2. The van der Waals surface area contributed by atoms with Gasteiger partial charge in [0.05, 0.1) is 11.8 Å². The van der Waals surface area contributed by atoms with Crippen LogP contribution < -0.4 is 4.90 Å². The van der Waals surface area contributed by atoms with E-state index in [1.165, 1.54) is 0 Å². The second kappa shape index (κ2) is 6.20.